The minimum Gasteiger partial charge on any atom is -0.504 e. The van der Waals surface area contributed by atoms with Crippen LogP contribution in [0.4, 0.5) is 10.5 Å². The van der Waals surface area contributed by atoms with E-state index in [0.29, 0.717) is 23.6 Å². The molecule has 162 valence electrons. The molecule has 4 rings (SSSR count). The number of carbonyl (C=O) groups is 2. The van der Waals surface area contributed by atoms with E-state index in [-0.39, 0.29) is 18.0 Å². The van der Waals surface area contributed by atoms with Crippen molar-refractivity contribution < 1.29 is 24.3 Å². The average Bonchev–Trinajstić information content (AvgIpc) is 3.34. The number of hydrogen-bond acceptors (Lipinski definition) is 7. The molecule has 0 aliphatic carbocycles. The number of rotatable bonds is 5. The van der Waals surface area contributed by atoms with Crippen LogP contribution in [-0.4, -0.2) is 47.5 Å². The highest BCUT2D eigenvalue weighted by atomic mass is 16.5. The van der Waals surface area contributed by atoms with Crippen LogP contribution in [0, 0.1) is 13.8 Å². The van der Waals surface area contributed by atoms with Gasteiger partial charge in [0.05, 0.1) is 30.7 Å². The van der Waals surface area contributed by atoms with Crippen LogP contribution in [0.5, 0.6) is 11.5 Å². The monoisotopic (exact) mass is 425 g/mol. The Labute approximate surface area is 178 Å². The van der Waals surface area contributed by atoms with E-state index in [1.165, 1.54) is 17.2 Å². The van der Waals surface area contributed by atoms with E-state index in [1.54, 1.807) is 36.9 Å². The van der Waals surface area contributed by atoms with Crippen molar-refractivity contribution in [2.45, 2.75) is 46.3 Å². The van der Waals surface area contributed by atoms with Crippen LogP contribution in [0.15, 0.2) is 35.1 Å². The van der Waals surface area contributed by atoms with Gasteiger partial charge in [-0.1, -0.05) is 17.3 Å². The van der Waals surface area contributed by atoms with E-state index >= 15 is 0 Å². The number of benzene rings is 1. The molecule has 3 heterocycles. The highest BCUT2D eigenvalue weighted by molar-refractivity contribution is 6.22. The smallest absolute Gasteiger partial charge is 0.332 e. The molecule has 1 aromatic carbocycles. The maximum atomic E-state index is 13.2. The molecule has 0 unspecified atom stereocenters. The summed E-state index contributed by atoms with van der Waals surface area (Å²) in [5.74, 6) is -0.329. The fourth-order valence-electron chi connectivity index (χ4n) is 3.65. The lowest BCUT2D eigenvalue weighted by molar-refractivity contribution is -0.123. The van der Waals surface area contributed by atoms with Gasteiger partial charge in [-0.15, -0.1) is 0 Å². The summed E-state index contributed by atoms with van der Waals surface area (Å²) in [5.41, 5.74) is 1.16. The standard InChI is InChI=1S/C21H23N5O5/c1-12-16(13(2)31-23-12)11-24-10-15(8-22-24)26-19(29)21(3,4)25(20(26)30)9-14-6-5-7-17(27)18(14)28/h5-8,10,27-28H,9,11H2,1-4H3. The van der Waals surface area contributed by atoms with E-state index < -0.39 is 17.5 Å². The summed E-state index contributed by atoms with van der Waals surface area (Å²) in [5, 5.41) is 28.1. The number of urea groups is 1. The number of anilines is 1. The van der Waals surface area contributed by atoms with Crippen LogP contribution >= 0.6 is 0 Å². The van der Waals surface area contributed by atoms with E-state index in [9.17, 15) is 19.8 Å². The molecule has 1 saturated heterocycles. The Morgan fingerprint density at radius 1 is 1.13 bits per heavy atom. The van der Waals surface area contributed by atoms with Crippen LogP contribution in [0.2, 0.25) is 0 Å². The van der Waals surface area contributed by atoms with Crippen molar-refractivity contribution in [3.05, 3.63) is 53.2 Å². The van der Waals surface area contributed by atoms with Crippen LogP contribution in [0.25, 0.3) is 0 Å². The normalized spacial score (nSPS) is 15.9. The van der Waals surface area contributed by atoms with Crippen molar-refractivity contribution >= 4 is 17.6 Å². The van der Waals surface area contributed by atoms with E-state index in [4.69, 9.17) is 4.52 Å². The van der Waals surface area contributed by atoms with E-state index in [2.05, 4.69) is 10.3 Å². The van der Waals surface area contributed by atoms with Gasteiger partial charge in [0, 0.05) is 17.3 Å². The molecule has 1 fully saturated rings. The Balaban J connectivity index is 1.61. The van der Waals surface area contributed by atoms with E-state index in [1.807, 2.05) is 13.8 Å². The van der Waals surface area contributed by atoms with E-state index in [0.717, 1.165) is 16.2 Å². The number of nitrogens with zero attached hydrogens (tertiary/aromatic N) is 5. The topological polar surface area (TPSA) is 125 Å². The molecule has 2 N–H and O–H groups in total. The molecule has 0 radical (unpaired) electrons. The Bertz CT molecular complexity index is 1160. The lowest BCUT2D eigenvalue weighted by Gasteiger charge is -2.28. The number of amides is 3. The first-order chi connectivity index (χ1) is 14.6. The maximum absolute atomic E-state index is 13.2. The molecule has 0 spiro atoms. The molecular formula is C21H23N5O5. The van der Waals surface area contributed by atoms with Gasteiger partial charge in [0.1, 0.15) is 11.3 Å². The summed E-state index contributed by atoms with van der Waals surface area (Å²) >= 11 is 0. The second-order valence-electron chi connectivity index (χ2n) is 8.05. The highest BCUT2D eigenvalue weighted by Crippen LogP contribution is 2.36. The summed E-state index contributed by atoms with van der Waals surface area (Å²) in [4.78, 5) is 28.7. The predicted molar refractivity (Wildman–Crippen MR) is 110 cm³/mol. The molecule has 31 heavy (non-hydrogen) atoms. The van der Waals surface area contributed by atoms with Crippen molar-refractivity contribution in [3.63, 3.8) is 0 Å². The molecule has 1 aliphatic heterocycles. The zero-order valence-electron chi connectivity index (χ0n) is 17.7. The summed E-state index contributed by atoms with van der Waals surface area (Å²) in [6, 6.07) is 3.97. The molecule has 0 saturated carbocycles. The average molecular weight is 425 g/mol. The Morgan fingerprint density at radius 3 is 2.55 bits per heavy atom. The SMILES string of the molecule is Cc1noc(C)c1Cn1cc(N2C(=O)N(Cc3cccc(O)c3O)C(C)(C)C2=O)cn1. The van der Waals surface area contributed by atoms with Crippen molar-refractivity contribution in [1.29, 1.82) is 0 Å². The van der Waals surface area contributed by atoms with Gasteiger partial charge < -0.3 is 19.6 Å². The van der Waals surface area contributed by atoms with Gasteiger partial charge >= 0.3 is 6.03 Å². The maximum Gasteiger partial charge on any atom is 0.332 e. The number of imide groups is 1. The largest absolute Gasteiger partial charge is 0.504 e. The van der Waals surface area contributed by atoms with Crippen molar-refractivity contribution in [2.24, 2.45) is 0 Å². The minimum absolute atomic E-state index is 0.0402. The lowest BCUT2D eigenvalue weighted by atomic mass is 10.0. The van der Waals surface area contributed by atoms with Crippen LogP contribution < -0.4 is 4.90 Å². The number of para-hydroxylation sites is 1. The number of hydrogen-bond donors (Lipinski definition) is 2. The summed E-state index contributed by atoms with van der Waals surface area (Å²) in [7, 11) is 0. The number of phenolic OH excluding ortho intramolecular Hbond substituents is 2. The summed E-state index contributed by atoms with van der Waals surface area (Å²) in [6.45, 7) is 7.28. The van der Waals surface area contributed by atoms with Gasteiger partial charge in [0.2, 0.25) is 0 Å². The molecule has 0 atom stereocenters. The summed E-state index contributed by atoms with van der Waals surface area (Å²) < 4.78 is 6.78. The quantitative estimate of drug-likeness (QED) is 0.475. The Hall–Kier alpha value is -3.82. The zero-order valence-corrected chi connectivity index (χ0v) is 17.7. The first-order valence-electron chi connectivity index (χ1n) is 9.71. The minimum atomic E-state index is -1.15. The van der Waals surface area contributed by atoms with Gasteiger partial charge in [-0.3, -0.25) is 9.48 Å². The van der Waals surface area contributed by atoms with Crippen LogP contribution in [-0.2, 0) is 17.9 Å². The van der Waals surface area contributed by atoms with Gasteiger partial charge in [0.25, 0.3) is 5.91 Å². The fraction of sp³-hybridized carbons (Fsp3) is 0.333. The number of aromatic nitrogens is 3. The number of aromatic hydroxyl groups is 2. The third-order valence-electron chi connectivity index (χ3n) is 5.63. The molecule has 3 aromatic rings. The number of aryl methyl sites for hydroxylation is 2. The first-order valence-corrected chi connectivity index (χ1v) is 9.71. The number of carbonyl (C=O) groups excluding carboxylic acids is 2. The first kappa shape index (κ1) is 20.5. The van der Waals surface area contributed by atoms with Crippen molar-refractivity contribution in [2.75, 3.05) is 4.90 Å². The van der Waals surface area contributed by atoms with Crippen LogP contribution in [0.1, 0.15) is 36.4 Å². The highest BCUT2D eigenvalue weighted by Gasteiger charge is 2.52. The predicted octanol–water partition coefficient (Wildman–Crippen LogP) is 2.69. The molecule has 3 amide bonds. The summed E-state index contributed by atoms with van der Waals surface area (Å²) in [6.07, 6.45) is 3.08. The molecule has 10 heteroatoms. The molecule has 1 aliphatic rings. The van der Waals surface area contributed by atoms with Crippen LogP contribution in [0.3, 0.4) is 0 Å². The van der Waals surface area contributed by atoms with Gasteiger partial charge in [-0.2, -0.15) is 5.10 Å². The number of phenols is 2. The second-order valence-corrected chi connectivity index (χ2v) is 8.05. The van der Waals surface area contributed by atoms with Gasteiger partial charge in [0.15, 0.2) is 11.5 Å². The third kappa shape index (κ3) is 3.29. The molecule has 10 nitrogen and oxygen atoms in total. The fourth-order valence-corrected chi connectivity index (χ4v) is 3.65. The van der Waals surface area contributed by atoms with Gasteiger partial charge in [-0.25, -0.2) is 9.69 Å². The molecular weight excluding hydrogens is 402 g/mol. The second kappa shape index (κ2) is 7.15. The molecule has 0 bridgehead atoms. The third-order valence-corrected chi connectivity index (χ3v) is 5.63. The zero-order chi connectivity index (χ0) is 22.5. The Kier molecular flexibility index (Phi) is 4.72. The van der Waals surface area contributed by atoms with Gasteiger partial charge in [-0.05, 0) is 33.8 Å². The molecule has 2 aromatic heterocycles. The van der Waals surface area contributed by atoms with Crippen molar-refractivity contribution in [3.8, 4) is 11.5 Å². The lowest BCUT2D eigenvalue weighted by Crippen LogP contribution is -2.43. The Morgan fingerprint density at radius 2 is 1.87 bits per heavy atom. The van der Waals surface area contributed by atoms with Crippen molar-refractivity contribution in [1.82, 2.24) is 19.8 Å².